The summed E-state index contributed by atoms with van der Waals surface area (Å²) in [6.07, 6.45) is 0.982. The van der Waals surface area contributed by atoms with Crippen LogP contribution in [0.3, 0.4) is 0 Å². The molecule has 0 radical (unpaired) electrons. The summed E-state index contributed by atoms with van der Waals surface area (Å²) in [6, 6.07) is 0. The number of carbonyl (C=O) groups excluding carboxylic acids is 1. The molecule has 1 heterocycles. The number of ether oxygens (including phenoxy) is 2. The van der Waals surface area contributed by atoms with E-state index in [1.54, 1.807) is 34.1 Å². The van der Waals surface area contributed by atoms with Crippen LogP contribution in [0.2, 0.25) is 0 Å². The zero-order valence-corrected chi connectivity index (χ0v) is 10.5. The molecule has 0 saturated heterocycles. The highest BCUT2D eigenvalue weighted by Gasteiger charge is 2.19. The fourth-order valence-corrected chi connectivity index (χ4v) is 1.03. The molecule has 1 rings (SSSR count). The molecule has 0 aliphatic heterocycles. The standard InChI is InChI=1S/C10H17N3O4/c1-10(2,3)16-9(14)11-8-7-13(12-17-8)5-6-15-4/h7H,5-6H2,1-4H3/p+1. The monoisotopic (exact) mass is 244 g/mol. The van der Waals surface area contributed by atoms with Crippen molar-refractivity contribution in [2.45, 2.75) is 32.9 Å². The van der Waals surface area contributed by atoms with Crippen LogP contribution in [-0.4, -0.2) is 30.7 Å². The van der Waals surface area contributed by atoms with Gasteiger partial charge in [-0.2, -0.15) is 0 Å². The van der Waals surface area contributed by atoms with Gasteiger partial charge in [0.15, 0.2) is 0 Å². The van der Waals surface area contributed by atoms with Crippen molar-refractivity contribution in [3.8, 4) is 0 Å². The Hall–Kier alpha value is -1.63. The Morgan fingerprint density at radius 3 is 2.88 bits per heavy atom. The number of nitrogens with zero attached hydrogens (tertiary/aromatic N) is 2. The van der Waals surface area contributed by atoms with Crippen LogP contribution < -0.4 is 10.00 Å². The fourth-order valence-electron chi connectivity index (χ4n) is 1.03. The van der Waals surface area contributed by atoms with Gasteiger partial charge in [0.1, 0.15) is 12.2 Å². The van der Waals surface area contributed by atoms with Gasteiger partial charge in [0.05, 0.1) is 0 Å². The number of aromatic nitrogens is 2. The fraction of sp³-hybridized carbons (Fsp3) is 0.700. The second-order valence-electron chi connectivity index (χ2n) is 4.45. The lowest BCUT2D eigenvalue weighted by Crippen LogP contribution is -2.36. The molecule has 1 aromatic rings. The van der Waals surface area contributed by atoms with E-state index >= 15 is 0 Å². The second kappa shape index (κ2) is 5.62. The van der Waals surface area contributed by atoms with E-state index in [-0.39, 0.29) is 5.88 Å². The van der Waals surface area contributed by atoms with Gasteiger partial charge in [-0.1, -0.05) is 0 Å². The number of amides is 1. The summed E-state index contributed by atoms with van der Waals surface area (Å²) in [6.45, 7) is 6.42. The average molecular weight is 244 g/mol. The third kappa shape index (κ3) is 5.30. The summed E-state index contributed by atoms with van der Waals surface area (Å²) in [5, 5.41) is 6.14. The van der Waals surface area contributed by atoms with Crippen LogP contribution in [0.1, 0.15) is 20.8 Å². The average Bonchev–Trinajstić information content (AvgIpc) is 2.59. The summed E-state index contributed by atoms with van der Waals surface area (Å²) < 4.78 is 16.4. The van der Waals surface area contributed by atoms with Crippen LogP contribution in [0.4, 0.5) is 10.7 Å². The molecule has 1 aromatic heterocycles. The topological polar surface area (TPSA) is 77.5 Å². The van der Waals surface area contributed by atoms with Crippen molar-refractivity contribution in [2.24, 2.45) is 0 Å². The van der Waals surface area contributed by atoms with Crippen molar-refractivity contribution in [3.05, 3.63) is 6.20 Å². The summed E-state index contributed by atoms with van der Waals surface area (Å²) in [5.74, 6) is 0.232. The predicted molar refractivity (Wildman–Crippen MR) is 58.4 cm³/mol. The largest absolute Gasteiger partial charge is 0.444 e. The van der Waals surface area contributed by atoms with Gasteiger partial charge in [-0.15, -0.1) is 0 Å². The number of anilines is 1. The molecule has 96 valence electrons. The van der Waals surface area contributed by atoms with Gasteiger partial charge >= 0.3 is 12.0 Å². The predicted octanol–water partition coefficient (Wildman–Crippen LogP) is 0.955. The Labute approximate surface area is 99.7 Å². The molecule has 1 N–H and O–H groups in total. The molecule has 0 saturated carbocycles. The van der Waals surface area contributed by atoms with Gasteiger partial charge in [0, 0.05) is 7.11 Å². The summed E-state index contributed by atoms with van der Waals surface area (Å²) in [4.78, 5) is 11.4. The smallest absolute Gasteiger partial charge is 0.414 e. The Morgan fingerprint density at radius 1 is 1.59 bits per heavy atom. The molecule has 0 aromatic carbocycles. The number of hydrogen-bond acceptors (Lipinski definition) is 5. The van der Waals surface area contributed by atoms with Crippen molar-refractivity contribution in [3.63, 3.8) is 0 Å². The maximum atomic E-state index is 11.4. The molecule has 0 aliphatic rings. The van der Waals surface area contributed by atoms with Crippen LogP contribution in [-0.2, 0) is 16.0 Å². The lowest BCUT2D eigenvalue weighted by atomic mass is 10.2. The molecule has 0 spiro atoms. The third-order valence-electron chi connectivity index (χ3n) is 1.66. The van der Waals surface area contributed by atoms with E-state index in [2.05, 4.69) is 10.6 Å². The highest BCUT2D eigenvalue weighted by atomic mass is 16.6. The molecule has 7 heteroatoms. The van der Waals surface area contributed by atoms with Crippen molar-refractivity contribution in [1.82, 2.24) is 5.27 Å². The molecular formula is C10H18N3O4+. The normalized spacial score (nSPS) is 11.3. The van der Waals surface area contributed by atoms with E-state index in [0.29, 0.717) is 13.2 Å². The number of rotatable bonds is 4. The minimum Gasteiger partial charge on any atom is -0.444 e. The Kier molecular flexibility index (Phi) is 4.45. The van der Waals surface area contributed by atoms with Crippen LogP contribution >= 0.6 is 0 Å². The van der Waals surface area contributed by atoms with Gasteiger partial charge in [-0.3, -0.25) is 9.84 Å². The van der Waals surface area contributed by atoms with Crippen molar-refractivity contribution >= 4 is 12.0 Å². The van der Waals surface area contributed by atoms with Crippen molar-refractivity contribution in [2.75, 3.05) is 19.0 Å². The lowest BCUT2D eigenvalue weighted by molar-refractivity contribution is -0.763. The first-order valence-electron chi connectivity index (χ1n) is 5.26. The Morgan fingerprint density at radius 2 is 2.29 bits per heavy atom. The molecule has 1 amide bonds. The first-order chi connectivity index (χ1) is 7.90. The van der Waals surface area contributed by atoms with Crippen LogP contribution in [0.5, 0.6) is 0 Å². The van der Waals surface area contributed by atoms with Gasteiger partial charge in [-0.25, -0.2) is 4.79 Å². The Balaban J connectivity index is 2.46. The first kappa shape index (κ1) is 13.4. The third-order valence-corrected chi connectivity index (χ3v) is 1.66. The number of hydrogen-bond donors (Lipinski definition) is 1. The Bertz CT molecular complexity index is 370. The minimum atomic E-state index is -0.576. The zero-order chi connectivity index (χ0) is 12.9. The van der Waals surface area contributed by atoms with Crippen LogP contribution in [0, 0.1) is 0 Å². The van der Waals surface area contributed by atoms with Gasteiger partial charge in [-0.05, 0) is 25.5 Å². The molecule has 0 fully saturated rings. The molecular weight excluding hydrogens is 226 g/mol. The quantitative estimate of drug-likeness (QED) is 0.798. The van der Waals surface area contributed by atoms with E-state index < -0.39 is 11.7 Å². The SMILES string of the molecule is COCC[n+]1cc(NC(=O)OC(C)(C)C)on1. The van der Waals surface area contributed by atoms with Crippen LogP contribution in [0.15, 0.2) is 10.7 Å². The van der Waals surface area contributed by atoms with E-state index in [9.17, 15) is 4.79 Å². The second-order valence-corrected chi connectivity index (χ2v) is 4.45. The van der Waals surface area contributed by atoms with Crippen LogP contribution in [0.25, 0.3) is 0 Å². The highest BCUT2D eigenvalue weighted by Crippen LogP contribution is 2.09. The highest BCUT2D eigenvalue weighted by molar-refractivity contribution is 5.82. The molecule has 0 bridgehead atoms. The van der Waals surface area contributed by atoms with E-state index in [1.807, 2.05) is 0 Å². The summed E-state index contributed by atoms with van der Waals surface area (Å²) >= 11 is 0. The maximum absolute atomic E-state index is 11.4. The summed E-state index contributed by atoms with van der Waals surface area (Å²) in [5.41, 5.74) is -0.546. The summed E-state index contributed by atoms with van der Waals surface area (Å²) in [7, 11) is 1.60. The van der Waals surface area contributed by atoms with Gasteiger partial charge in [0.25, 0.3) is 6.20 Å². The molecule has 7 nitrogen and oxygen atoms in total. The minimum absolute atomic E-state index is 0.232. The number of nitrogens with one attached hydrogen (secondary N) is 1. The first-order valence-corrected chi connectivity index (χ1v) is 5.26. The molecule has 17 heavy (non-hydrogen) atoms. The lowest BCUT2D eigenvalue weighted by Gasteiger charge is -2.18. The van der Waals surface area contributed by atoms with Gasteiger partial charge in [0.2, 0.25) is 11.8 Å². The molecule has 0 aliphatic carbocycles. The van der Waals surface area contributed by atoms with E-state index in [4.69, 9.17) is 14.0 Å². The van der Waals surface area contributed by atoms with Gasteiger partial charge < -0.3 is 9.47 Å². The maximum Gasteiger partial charge on any atom is 0.414 e. The number of carbonyl (C=O) groups is 1. The van der Waals surface area contributed by atoms with E-state index in [1.165, 1.54) is 4.68 Å². The van der Waals surface area contributed by atoms with E-state index in [0.717, 1.165) is 0 Å². The van der Waals surface area contributed by atoms with Crippen molar-refractivity contribution < 1.29 is 23.5 Å². The number of methoxy groups -OCH3 is 1. The zero-order valence-electron chi connectivity index (χ0n) is 10.5. The molecule has 0 unspecified atom stereocenters. The molecule has 0 atom stereocenters. The van der Waals surface area contributed by atoms with Crippen molar-refractivity contribution in [1.29, 1.82) is 0 Å².